The van der Waals surface area contributed by atoms with Gasteiger partial charge in [0.2, 0.25) is 0 Å². The topological polar surface area (TPSA) is 80.2 Å². The number of aromatic nitrogens is 4. The van der Waals surface area contributed by atoms with E-state index in [1.165, 1.54) is 6.20 Å². The fraction of sp³-hybridized carbons (Fsp3) is 0.214. The van der Waals surface area contributed by atoms with Crippen molar-refractivity contribution in [2.75, 3.05) is 18.5 Å². The van der Waals surface area contributed by atoms with E-state index in [0.717, 1.165) is 12.2 Å². The fourth-order valence-corrected chi connectivity index (χ4v) is 1.84. The van der Waals surface area contributed by atoms with E-state index in [1.807, 2.05) is 49.2 Å². The molecule has 0 saturated carbocycles. The van der Waals surface area contributed by atoms with Crippen LogP contribution in [0, 0.1) is 0 Å². The molecule has 0 aliphatic heterocycles. The first-order chi connectivity index (χ1) is 10.2. The van der Waals surface area contributed by atoms with Gasteiger partial charge in [0.05, 0.1) is 11.9 Å². The molecule has 3 rings (SSSR count). The van der Waals surface area contributed by atoms with Crippen molar-refractivity contribution >= 4 is 5.95 Å². The van der Waals surface area contributed by atoms with Gasteiger partial charge in [-0.15, -0.1) is 0 Å². The average molecular weight is 285 g/mol. The van der Waals surface area contributed by atoms with E-state index in [9.17, 15) is 5.11 Å². The van der Waals surface area contributed by atoms with E-state index in [0.29, 0.717) is 5.95 Å². The lowest BCUT2D eigenvalue weighted by molar-refractivity contribution is 0.423. The quantitative estimate of drug-likeness (QED) is 0.790. The van der Waals surface area contributed by atoms with E-state index in [1.54, 1.807) is 4.68 Å². The third-order valence-corrected chi connectivity index (χ3v) is 3.15. The van der Waals surface area contributed by atoms with Crippen molar-refractivity contribution in [1.29, 1.82) is 0 Å². The third kappa shape index (κ3) is 2.45. The van der Waals surface area contributed by atoms with Gasteiger partial charge in [0, 0.05) is 13.6 Å². The van der Waals surface area contributed by atoms with Gasteiger partial charge in [0.15, 0.2) is 11.4 Å². The van der Waals surface area contributed by atoms with Crippen LogP contribution < -0.4 is 4.90 Å². The van der Waals surface area contributed by atoms with Gasteiger partial charge in [-0.25, -0.2) is 4.68 Å². The van der Waals surface area contributed by atoms with Crippen molar-refractivity contribution in [3.05, 3.63) is 36.5 Å². The van der Waals surface area contributed by atoms with Crippen LogP contribution in [0.15, 0.2) is 41.1 Å². The second-order valence-corrected chi connectivity index (χ2v) is 4.56. The van der Waals surface area contributed by atoms with Crippen LogP contribution in [0.2, 0.25) is 0 Å². The van der Waals surface area contributed by atoms with Crippen molar-refractivity contribution in [3.8, 4) is 23.0 Å². The molecule has 0 amide bonds. The summed E-state index contributed by atoms with van der Waals surface area (Å²) in [7, 11) is 1.86. The highest BCUT2D eigenvalue weighted by Gasteiger charge is 2.19. The van der Waals surface area contributed by atoms with Gasteiger partial charge in [-0.05, 0) is 24.2 Å². The molecule has 2 heterocycles. The summed E-state index contributed by atoms with van der Waals surface area (Å²) in [4.78, 5) is 6.06. The predicted molar refractivity (Wildman–Crippen MR) is 77.5 cm³/mol. The van der Waals surface area contributed by atoms with Crippen molar-refractivity contribution in [2.45, 2.75) is 6.92 Å². The smallest absolute Gasteiger partial charge is 0.283 e. The molecule has 0 unspecified atom stereocenters. The molecule has 0 fully saturated rings. The number of hydrogen-bond acceptors (Lipinski definition) is 6. The summed E-state index contributed by atoms with van der Waals surface area (Å²) in [5.74, 6) is 0.645. The lowest BCUT2D eigenvalue weighted by Crippen LogP contribution is -2.16. The van der Waals surface area contributed by atoms with Crippen molar-refractivity contribution in [2.24, 2.45) is 0 Å². The molecule has 0 bridgehead atoms. The minimum Gasteiger partial charge on any atom is -0.504 e. The Balaban J connectivity index is 1.96. The van der Waals surface area contributed by atoms with Crippen LogP contribution >= 0.6 is 0 Å². The SMILES string of the molecule is CCN(C)c1noc(-c2nn(-c3ccccc3)cc2O)n1. The van der Waals surface area contributed by atoms with Crippen molar-refractivity contribution in [3.63, 3.8) is 0 Å². The lowest BCUT2D eigenvalue weighted by atomic mass is 10.3. The van der Waals surface area contributed by atoms with E-state index in [4.69, 9.17) is 4.52 Å². The van der Waals surface area contributed by atoms with E-state index >= 15 is 0 Å². The summed E-state index contributed by atoms with van der Waals surface area (Å²) in [6, 6.07) is 9.49. The Morgan fingerprint density at radius 3 is 2.76 bits per heavy atom. The molecule has 0 atom stereocenters. The minimum atomic E-state index is -0.00629. The first-order valence-electron chi connectivity index (χ1n) is 6.58. The van der Waals surface area contributed by atoms with E-state index < -0.39 is 0 Å². The highest BCUT2D eigenvalue weighted by atomic mass is 16.5. The number of benzene rings is 1. The van der Waals surface area contributed by atoms with Crippen LogP contribution in [-0.4, -0.2) is 38.6 Å². The molecule has 7 nitrogen and oxygen atoms in total. The van der Waals surface area contributed by atoms with Crippen LogP contribution in [0.4, 0.5) is 5.95 Å². The Hall–Kier alpha value is -2.83. The molecule has 7 heteroatoms. The molecular formula is C14H15N5O2. The molecule has 2 aromatic heterocycles. The number of para-hydroxylation sites is 1. The summed E-state index contributed by atoms with van der Waals surface area (Å²) in [6.45, 7) is 2.74. The van der Waals surface area contributed by atoms with Gasteiger partial charge in [-0.3, -0.25) is 0 Å². The van der Waals surface area contributed by atoms with Crippen LogP contribution in [0.3, 0.4) is 0 Å². The molecule has 0 spiro atoms. The second kappa shape index (κ2) is 5.28. The van der Waals surface area contributed by atoms with Crippen LogP contribution in [0.1, 0.15) is 6.92 Å². The van der Waals surface area contributed by atoms with Crippen molar-refractivity contribution in [1.82, 2.24) is 19.9 Å². The first-order valence-corrected chi connectivity index (χ1v) is 6.58. The third-order valence-electron chi connectivity index (χ3n) is 3.15. The monoisotopic (exact) mass is 285 g/mol. The molecule has 0 radical (unpaired) electrons. The zero-order chi connectivity index (χ0) is 14.8. The molecular weight excluding hydrogens is 270 g/mol. The largest absolute Gasteiger partial charge is 0.504 e. The minimum absolute atomic E-state index is 0.00629. The normalized spacial score (nSPS) is 10.8. The zero-order valence-corrected chi connectivity index (χ0v) is 11.8. The molecule has 3 aromatic rings. The standard InChI is InChI=1S/C14H15N5O2/c1-3-18(2)14-15-13(21-17-14)12-11(20)9-19(16-12)10-7-5-4-6-8-10/h4-9,20H,3H2,1-2H3. The average Bonchev–Trinajstić information content (AvgIpc) is 3.14. The van der Waals surface area contributed by atoms with Crippen molar-refractivity contribution < 1.29 is 9.63 Å². The lowest BCUT2D eigenvalue weighted by Gasteiger charge is -2.08. The van der Waals surface area contributed by atoms with E-state index in [2.05, 4.69) is 15.2 Å². The second-order valence-electron chi connectivity index (χ2n) is 4.56. The molecule has 0 saturated heterocycles. The van der Waals surface area contributed by atoms with Gasteiger partial charge in [0.1, 0.15) is 0 Å². The Morgan fingerprint density at radius 1 is 1.29 bits per heavy atom. The fourth-order valence-electron chi connectivity index (χ4n) is 1.84. The molecule has 1 N–H and O–H groups in total. The number of rotatable bonds is 4. The van der Waals surface area contributed by atoms with Gasteiger partial charge >= 0.3 is 0 Å². The maximum Gasteiger partial charge on any atom is 0.283 e. The summed E-state index contributed by atoms with van der Waals surface area (Å²) in [5.41, 5.74) is 1.10. The summed E-state index contributed by atoms with van der Waals surface area (Å²) in [6.07, 6.45) is 1.51. The van der Waals surface area contributed by atoms with Crippen LogP contribution in [0.25, 0.3) is 17.3 Å². The number of nitrogens with zero attached hydrogens (tertiary/aromatic N) is 5. The van der Waals surface area contributed by atoms with Crippen LogP contribution in [-0.2, 0) is 0 Å². The predicted octanol–water partition coefficient (Wildman–Crippen LogP) is 2.08. The maximum atomic E-state index is 10.0. The Labute approximate surface area is 121 Å². The Bertz CT molecular complexity index is 735. The molecule has 0 aliphatic carbocycles. The zero-order valence-electron chi connectivity index (χ0n) is 11.8. The number of anilines is 1. The summed E-state index contributed by atoms with van der Waals surface area (Å²) in [5, 5.41) is 18.2. The van der Waals surface area contributed by atoms with Crippen LogP contribution in [0.5, 0.6) is 5.75 Å². The van der Waals surface area contributed by atoms with Gasteiger partial charge in [-0.1, -0.05) is 18.2 Å². The first kappa shape index (κ1) is 13.2. The highest BCUT2D eigenvalue weighted by molar-refractivity contribution is 5.58. The van der Waals surface area contributed by atoms with Gasteiger partial charge < -0.3 is 14.5 Å². The maximum absolute atomic E-state index is 10.0. The summed E-state index contributed by atoms with van der Waals surface area (Å²) >= 11 is 0. The molecule has 21 heavy (non-hydrogen) atoms. The molecule has 1 aromatic carbocycles. The summed E-state index contributed by atoms with van der Waals surface area (Å²) < 4.78 is 6.73. The van der Waals surface area contributed by atoms with Gasteiger partial charge in [-0.2, -0.15) is 10.1 Å². The van der Waals surface area contributed by atoms with Gasteiger partial charge in [0.25, 0.3) is 11.8 Å². The van der Waals surface area contributed by atoms with E-state index in [-0.39, 0.29) is 17.3 Å². The molecule has 0 aliphatic rings. The number of hydrogen-bond donors (Lipinski definition) is 1. The Morgan fingerprint density at radius 2 is 2.05 bits per heavy atom. The Kier molecular flexibility index (Phi) is 3.31. The molecule has 108 valence electrons. The number of aromatic hydroxyl groups is 1. The highest BCUT2D eigenvalue weighted by Crippen LogP contribution is 2.28.